The zero-order chi connectivity index (χ0) is 24.5. The molecule has 0 aromatic heterocycles. The zero-order valence-electron chi connectivity index (χ0n) is 20.5. The van der Waals surface area contributed by atoms with Crippen LogP contribution in [-0.2, 0) is 9.59 Å². The number of rotatable bonds is 2. The lowest BCUT2D eigenvalue weighted by Gasteiger charge is -2.29. The Bertz CT molecular complexity index is 833. The monoisotopic (exact) mass is 480 g/mol. The van der Waals surface area contributed by atoms with E-state index in [2.05, 4.69) is 0 Å². The van der Waals surface area contributed by atoms with Crippen LogP contribution in [0.3, 0.4) is 0 Å². The molecule has 2 rings (SSSR count). The van der Waals surface area contributed by atoms with Gasteiger partial charge in [0.2, 0.25) is 11.8 Å². The molecule has 1 aromatic rings. The van der Waals surface area contributed by atoms with Crippen LogP contribution in [0.1, 0.15) is 43.0 Å². The largest absolute Gasteiger partial charge is 0.493 e. The fourth-order valence-electron chi connectivity index (χ4n) is 3.73. The van der Waals surface area contributed by atoms with Crippen LogP contribution in [0, 0.1) is 0 Å². The molecule has 0 aliphatic carbocycles. The SMILES string of the molecule is C[C@H]1C(=O)N(C)CCCCN(C(=O)CN(C)C)CCCCOc2ccc(Cl)cc2C(=O)N1C. The highest BCUT2D eigenvalue weighted by atomic mass is 35.5. The number of likely N-dealkylation sites (N-methyl/N-ethyl adjacent to an activating group) is 3. The van der Waals surface area contributed by atoms with E-state index in [4.69, 9.17) is 16.3 Å². The third-order valence-corrected chi connectivity index (χ3v) is 6.10. The summed E-state index contributed by atoms with van der Waals surface area (Å²) in [5.74, 6) is 0.0879. The van der Waals surface area contributed by atoms with Crippen LogP contribution < -0.4 is 4.74 Å². The van der Waals surface area contributed by atoms with Crippen molar-refractivity contribution in [2.45, 2.75) is 38.6 Å². The van der Waals surface area contributed by atoms with Crippen molar-refractivity contribution >= 4 is 29.3 Å². The van der Waals surface area contributed by atoms with Gasteiger partial charge in [0.15, 0.2) is 0 Å². The standard InChI is InChI=1S/C24H37ClN4O4/c1-18-23(31)27(4)12-6-7-13-29(22(30)17-26(2)3)14-8-9-15-33-21-11-10-19(25)16-20(21)24(32)28(18)5/h10-11,16,18H,6-9,12-15,17H2,1-5H3/t18-/m0/s1. The summed E-state index contributed by atoms with van der Waals surface area (Å²) < 4.78 is 5.92. The van der Waals surface area contributed by atoms with Crippen molar-refractivity contribution in [1.82, 2.24) is 19.6 Å². The number of hydrogen-bond acceptors (Lipinski definition) is 5. The van der Waals surface area contributed by atoms with Crippen molar-refractivity contribution in [3.63, 3.8) is 0 Å². The number of benzene rings is 1. The second kappa shape index (κ2) is 12.8. The van der Waals surface area contributed by atoms with Gasteiger partial charge in [-0.3, -0.25) is 14.4 Å². The van der Waals surface area contributed by atoms with Gasteiger partial charge in [0, 0.05) is 38.8 Å². The van der Waals surface area contributed by atoms with E-state index < -0.39 is 6.04 Å². The van der Waals surface area contributed by atoms with E-state index >= 15 is 0 Å². The molecule has 1 heterocycles. The van der Waals surface area contributed by atoms with Crippen molar-refractivity contribution in [1.29, 1.82) is 0 Å². The first-order valence-corrected chi connectivity index (χ1v) is 11.9. The predicted octanol–water partition coefficient (Wildman–Crippen LogP) is 2.60. The van der Waals surface area contributed by atoms with Crippen molar-refractivity contribution in [2.75, 3.05) is 61.0 Å². The molecule has 3 amide bonds. The summed E-state index contributed by atoms with van der Waals surface area (Å²) in [5, 5.41) is 0.427. The second-order valence-corrected chi connectivity index (χ2v) is 9.31. The summed E-state index contributed by atoms with van der Waals surface area (Å²) >= 11 is 6.15. The van der Waals surface area contributed by atoms with Crippen molar-refractivity contribution in [3.05, 3.63) is 28.8 Å². The van der Waals surface area contributed by atoms with Gasteiger partial charge in [0.25, 0.3) is 5.91 Å². The normalized spacial score (nSPS) is 19.8. The maximum absolute atomic E-state index is 13.2. The van der Waals surface area contributed by atoms with E-state index in [1.165, 1.54) is 4.90 Å². The van der Waals surface area contributed by atoms with Crippen LogP contribution in [0.5, 0.6) is 5.75 Å². The predicted molar refractivity (Wildman–Crippen MR) is 130 cm³/mol. The van der Waals surface area contributed by atoms with Gasteiger partial charge in [-0.15, -0.1) is 0 Å². The minimum atomic E-state index is -0.636. The molecule has 1 aliphatic rings. The van der Waals surface area contributed by atoms with Crippen LogP contribution in [0.15, 0.2) is 18.2 Å². The topological polar surface area (TPSA) is 73.4 Å². The number of carbonyl (C=O) groups is 3. The molecule has 0 unspecified atom stereocenters. The van der Waals surface area contributed by atoms with Crippen LogP contribution in [0.2, 0.25) is 5.02 Å². The summed E-state index contributed by atoms with van der Waals surface area (Å²) in [4.78, 5) is 45.6. The Labute approximate surface area is 202 Å². The molecule has 0 saturated carbocycles. The van der Waals surface area contributed by atoms with Gasteiger partial charge in [-0.05, 0) is 64.9 Å². The van der Waals surface area contributed by atoms with Crippen molar-refractivity contribution < 1.29 is 19.1 Å². The minimum absolute atomic E-state index is 0.101. The molecule has 184 valence electrons. The second-order valence-electron chi connectivity index (χ2n) is 8.87. The molecule has 33 heavy (non-hydrogen) atoms. The summed E-state index contributed by atoms with van der Waals surface area (Å²) in [6.45, 7) is 4.37. The molecular formula is C24H37ClN4O4. The number of nitrogens with zero attached hydrogens (tertiary/aromatic N) is 4. The van der Waals surface area contributed by atoms with Crippen molar-refractivity contribution in [2.24, 2.45) is 0 Å². The lowest BCUT2D eigenvalue weighted by atomic mass is 10.1. The molecule has 1 aliphatic heterocycles. The number of carbonyl (C=O) groups excluding carboxylic acids is 3. The molecule has 1 atom stereocenters. The summed E-state index contributed by atoms with van der Waals surface area (Å²) in [7, 11) is 7.13. The Morgan fingerprint density at radius 3 is 2.39 bits per heavy atom. The zero-order valence-corrected chi connectivity index (χ0v) is 21.2. The van der Waals surface area contributed by atoms with E-state index in [1.54, 1.807) is 44.1 Å². The molecule has 8 nitrogen and oxygen atoms in total. The van der Waals surface area contributed by atoms with Crippen LogP contribution in [-0.4, -0.2) is 104 Å². The lowest BCUT2D eigenvalue weighted by molar-refractivity contribution is -0.134. The number of ether oxygens (including phenoxy) is 1. The average molecular weight is 481 g/mol. The van der Waals surface area contributed by atoms with Crippen LogP contribution in [0.4, 0.5) is 0 Å². The third kappa shape index (κ3) is 7.89. The molecule has 0 bridgehead atoms. The first-order chi connectivity index (χ1) is 15.6. The maximum Gasteiger partial charge on any atom is 0.258 e. The highest BCUT2D eigenvalue weighted by Gasteiger charge is 2.28. The summed E-state index contributed by atoms with van der Waals surface area (Å²) in [5.41, 5.74) is 0.333. The molecule has 0 fully saturated rings. The first-order valence-electron chi connectivity index (χ1n) is 11.5. The van der Waals surface area contributed by atoms with Gasteiger partial charge < -0.3 is 24.3 Å². The average Bonchev–Trinajstić information content (AvgIpc) is 2.77. The number of fused-ring (bicyclic) bond motifs is 1. The van der Waals surface area contributed by atoms with Crippen LogP contribution in [0.25, 0.3) is 0 Å². The molecule has 0 spiro atoms. The van der Waals surface area contributed by atoms with E-state index in [0.29, 0.717) is 49.1 Å². The quantitative estimate of drug-likeness (QED) is 0.650. The summed E-state index contributed by atoms with van der Waals surface area (Å²) in [6.07, 6.45) is 3.13. The highest BCUT2D eigenvalue weighted by molar-refractivity contribution is 6.31. The van der Waals surface area contributed by atoms with Gasteiger partial charge in [0.05, 0.1) is 18.7 Å². The lowest BCUT2D eigenvalue weighted by Crippen LogP contribution is -2.47. The molecule has 1 aromatic carbocycles. The smallest absolute Gasteiger partial charge is 0.258 e. The Morgan fingerprint density at radius 1 is 1.09 bits per heavy atom. The Hall–Kier alpha value is -2.32. The van der Waals surface area contributed by atoms with E-state index in [0.717, 1.165) is 25.7 Å². The minimum Gasteiger partial charge on any atom is -0.493 e. The van der Waals surface area contributed by atoms with E-state index in [9.17, 15) is 14.4 Å². The fraction of sp³-hybridized carbons (Fsp3) is 0.625. The van der Waals surface area contributed by atoms with Gasteiger partial charge in [-0.1, -0.05) is 11.6 Å². The molecule has 0 saturated heterocycles. The maximum atomic E-state index is 13.2. The molecular weight excluding hydrogens is 444 g/mol. The number of hydrogen-bond donors (Lipinski definition) is 0. The van der Waals surface area contributed by atoms with Gasteiger partial charge in [0.1, 0.15) is 11.8 Å². The van der Waals surface area contributed by atoms with Gasteiger partial charge >= 0.3 is 0 Å². The summed E-state index contributed by atoms with van der Waals surface area (Å²) in [6, 6.07) is 4.30. The fourth-order valence-corrected chi connectivity index (χ4v) is 3.90. The van der Waals surface area contributed by atoms with Gasteiger partial charge in [-0.2, -0.15) is 0 Å². The molecule has 0 N–H and O–H groups in total. The highest BCUT2D eigenvalue weighted by Crippen LogP contribution is 2.25. The number of amides is 3. The molecule has 9 heteroatoms. The Morgan fingerprint density at radius 2 is 1.73 bits per heavy atom. The van der Waals surface area contributed by atoms with Gasteiger partial charge in [-0.25, -0.2) is 0 Å². The van der Waals surface area contributed by atoms with E-state index in [-0.39, 0.29) is 17.7 Å². The Kier molecular flexibility index (Phi) is 10.4. The Balaban J connectivity index is 2.23. The first kappa shape index (κ1) is 26.9. The van der Waals surface area contributed by atoms with E-state index in [1.807, 2.05) is 23.9 Å². The number of halogens is 1. The van der Waals surface area contributed by atoms with Crippen LogP contribution >= 0.6 is 11.6 Å². The molecule has 0 radical (unpaired) electrons. The van der Waals surface area contributed by atoms with Crippen molar-refractivity contribution in [3.8, 4) is 5.75 Å². The third-order valence-electron chi connectivity index (χ3n) is 5.86.